The van der Waals surface area contributed by atoms with Crippen molar-refractivity contribution in [2.24, 2.45) is 0 Å². The Morgan fingerprint density at radius 3 is 2.52 bits per heavy atom. The fourth-order valence-electron chi connectivity index (χ4n) is 2.27. The Bertz CT molecular complexity index is 951. The third kappa shape index (κ3) is 4.88. The summed E-state index contributed by atoms with van der Waals surface area (Å²) < 4.78 is 0. The second kappa shape index (κ2) is 8.09. The van der Waals surface area contributed by atoms with Gasteiger partial charge < -0.3 is 15.3 Å². The summed E-state index contributed by atoms with van der Waals surface area (Å²) >= 11 is 0. The molecule has 2 aromatic heterocycles. The molecule has 0 aliphatic heterocycles. The quantitative estimate of drug-likeness (QED) is 0.725. The first-order valence-corrected chi connectivity index (χ1v) is 8.25. The molecule has 0 atom stereocenters. The molecule has 1 aromatic carbocycles. The fraction of sp³-hybridized carbons (Fsp3) is 0.100. The normalized spacial score (nSPS) is 10.7. The predicted octanol–water partition coefficient (Wildman–Crippen LogP) is 3.19. The molecule has 7 heteroatoms. The lowest BCUT2D eigenvalue weighted by molar-refractivity contribution is 0.0822. The molecule has 0 unspecified atom stereocenters. The average molecular weight is 361 g/mol. The minimum absolute atomic E-state index is 0.149. The highest BCUT2D eigenvalue weighted by Crippen LogP contribution is 2.15. The maximum atomic E-state index is 11.8. The summed E-state index contributed by atoms with van der Waals surface area (Å²) in [6.07, 6.45) is 8.49. The first-order valence-electron chi connectivity index (χ1n) is 8.25. The number of phenolic OH excluding ortho intramolecular Hbond substituents is 1. The summed E-state index contributed by atoms with van der Waals surface area (Å²) in [5.74, 6) is 0.636. The van der Waals surface area contributed by atoms with E-state index in [1.165, 1.54) is 4.90 Å². The number of pyridine rings is 1. The molecule has 1 amide bonds. The van der Waals surface area contributed by atoms with Crippen LogP contribution in [0.25, 0.3) is 12.2 Å². The molecule has 0 aliphatic carbocycles. The summed E-state index contributed by atoms with van der Waals surface area (Å²) in [4.78, 5) is 26.1. The maximum absolute atomic E-state index is 11.8. The molecule has 0 aliphatic rings. The molecule has 3 aromatic rings. The molecule has 0 saturated heterocycles. The largest absolute Gasteiger partial charge is 0.508 e. The Balaban J connectivity index is 1.64. The summed E-state index contributed by atoms with van der Waals surface area (Å²) in [5, 5.41) is 12.6. The number of benzene rings is 1. The Hall–Kier alpha value is -3.74. The Kier molecular flexibility index (Phi) is 5.41. The highest BCUT2D eigenvalue weighted by Gasteiger charge is 2.09. The average Bonchev–Trinajstić information content (AvgIpc) is 2.67. The van der Waals surface area contributed by atoms with Crippen molar-refractivity contribution in [3.8, 4) is 5.75 Å². The van der Waals surface area contributed by atoms with Crippen molar-refractivity contribution in [1.29, 1.82) is 0 Å². The fourth-order valence-corrected chi connectivity index (χ4v) is 2.27. The first-order chi connectivity index (χ1) is 13.0. The van der Waals surface area contributed by atoms with Crippen LogP contribution in [0, 0.1) is 0 Å². The number of nitrogens with zero attached hydrogens (tertiary/aromatic N) is 4. The molecule has 0 fully saturated rings. The minimum Gasteiger partial charge on any atom is -0.508 e. The third-order valence-corrected chi connectivity index (χ3v) is 3.65. The lowest BCUT2D eigenvalue weighted by atomic mass is 10.2. The molecular weight excluding hydrogens is 342 g/mol. The molecule has 0 bridgehead atoms. The van der Waals surface area contributed by atoms with Gasteiger partial charge in [0, 0.05) is 14.1 Å². The van der Waals surface area contributed by atoms with E-state index in [9.17, 15) is 9.90 Å². The zero-order valence-electron chi connectivity index (χ0n) is 15.0. The van der Waals surface area contributed by atoms with Crippen LogP contribution < -0.4 is 5.32 Å². The molecular formula is C20H19N5O2. The zero-order valence-corrected chi connectivity index (χ0v) is 15.0. The van der Waals surface area contributed by atoms with Crippen molar-refractivity contribution in [3.63, 3.8) is 0 Å². The number of amides is 1. The molecule has 0 radical (unpaired) electrons. The second-order valence-electron chi connectivity index (χ2n) is 6.01. The van der Waals surface area contributed by atoms with Gasteiger partial charge in [-0.1, -0.05) is 18.2 Å². The van der Waals surface area contributed by atoms with E-state index < -0.39 is 0 Å². The summed E-state index contributed by atoms with van der Waals surface area (Å²) in [6.45, 7) is 0. The van der Waals surface area contributed by atoms with Crippen molar-refractivity contribution >= 4 is 29.6 Å². The Morgan fingerprint density at radius 1 is 1.04 bits per heavy atom. The number of aromatic nitrogens is 3. The molecule has 136 valence electrons. The van der Waals surface area contributed by atoms with Crippen LogP contribution in [0.2, 0.25) is 0 Å². The van der Waals surface area contributed by atoms with Gasteiger partial charge in [-0.05, 0) is 35.9 Å². The highest BCUT2D eigenvalue weighted by atomic mass is 16.3. The molecule has 27 heavy (non-hydrogen) atoms. The van der Waals surface area contributed by atoms with Crippen LogP contribution in [0.4, 0.5) is 11.5 Å². The van der Waals surface area contributed by atoms with Crippen molar-refractivity contribution in [3.05, 3.63) is 71.9 Å². The SMILES string of the molecule is CN(C)C(=O)c1ccc(Nc2cnc(/C=C/c3cccc(O)c3)cn2)cn1. The monoisotopic (exact) mass is 361 g/mol. The molecule has 7 nitrogen and oxygen atoms in total. The standard InChI is InChI=1S/C20H19N5O2/c1-25(2)20(27)18-9-8-16(12-22-18)24-19-13-21-15(11-23-19)7-6-14-4-3-5-17(26)10-14/h3-13,26H,1-2H3,(H,23,24)/b7-6+. The lowest BCUT2D eigenvalue weighted by Crippen LogP contribution is -2.22. The van der Waals surface area contributed by atoms with Gasteiger partial charge in [0.05, 0.1) is 30.0 Å². The molecule has 3 rings (SSSR count). The van der Waals surface area contributed by atoms with Gasteiger partial charge >= 0.3 is 0 Å². The summed E-state index contributed by atoms with van der Waals surface area (Å²) in [5.41, 5.74) is 2.65. The summed E-state index contributed by atoms with van der Waals surface area (Å²) in [7, 11) is 3.37. The molecule has 0 saturated carbocycles. The van der Waals surface area contributed by atoms with E-state index in [4.69, 9.17) is 0 Å². The number of anilines is 2. The van der Waals surface area contributed by atoms with Crippen LogP contribution in [0.3, 0.4) is 0 Å². The van der Waals surface area contributed by atoms with Gasteiger partial charge in [0.25, 0.3) is 5.91 Å². The predicted molar refractivity (Wildman–Crippen MR) is 105 cm³/mol. The van der Waals surface area contributed by atoms with Gasteiger partial charge in [-0.3, -0.25) is 9.78 Å². The van der Waals surface area contributed by atoms with E-state index in [-0.39, 0.29) is 11.7 Å². The molecule has 2 heterocycles. The number of hydrogen-bond acceptors (Lipinski definition) is 6. The highest BCUT2D eigenvalue weighted by molar-refractivity contribution is 5.92. The second-order valence-corrected chi connectivity index (χ2v) is 6.01. The smallest absolute Gasteiger partial charge is 0.271 e. The van der Waals surface area contributed by atoms with E-state index in [0.717, 1.165) is 5.56 Å². The first kappa shape index (κ1) is 18.1. The van der Waals surface area contributed by atoms with Gasteiger partial charge in [-0.2, -0.15) is 0 Å². The van der Waals surface area contributed by atoms with E-state index in [1.54, 1.807) is 63.0 Å². The third-order valence-electron chi connectivity index (χ3n) is 3.65. The number of phenols is 1. The topological polar surface area (TPSA) is 91.2 Å². The van der Waals surface area contributed by atoms with Crippen LogP contribution in [-0.2, 0) is 0 Å². The molecule has 2 N–H and O–H groups in total. The van der Waals surface area contributed by atoms with Crippen molar-refractivity contribution in [2.45, 2.75) is 0 Å². The van der Waals surface area contributed by atoms with Crippen LogP contribution >= 0.6 is 0 Å². The van der Waals surface area contributed by atoms with E-state index >= 15 is 0 Å². The lowest BCUT2D eigenvalue weighted by Gasteiger charge is -2.10. The van der Waals surface area contributed by atoms with Crippen molar-refractivity contribution in [1.82, 2.24) is 19.9 Å². The van der Waals surface area contributed by atoms with Crippen LogP contribution in [0.15, 0.2) is 55.0 Å². The number of carbonyl (C=O) groups excluding carboxylic acids is 1. The van der Waals surface area contributed by atoms with Gasteiger partial charge in [-0.25, -0.2) is 9.97 Å². The van der Waals surface area contributed by atoms with Gasteiger partial charge in [0.2, 0.25) is 0 Å². The summed E-state index contributed by atoms with van der Waals surface area (Å²) in [6, 6.07) is 10.4. The number of hydrogen-bond donors (Lipinski definition) is 2. The molecule has 0 spiro atoms. The van der Waals surface area contributed by atoms with E-state index in [1.807, 2.05) is 18.2 Å². The Labute approximate surface area is 157 Å². The van der Waals surface area contributed by atoms with Crippen molar-refractivity contribution < 1.29 is 9.90 Å². The zero-order chi connectivity index (χ0) is 19.2. The van der Waals surface area contributed by atoms with E-state index in [0.29, 0.717) is 22.9 Å². The van der Waals surface area contributed by atoms with E-state index in [2.05, 4.69) is 20.3 Å². The van der Waals surface area contributed by atoms with Gasteiger partial charge in [-0.15, -0.1) is 0 Å². The van der Waals surface area contributed by atoms with Crippen LogP contribution in [0.5, 0.6) is 5.75 Å². The number of nitrogens with one attached hydrogen (secondary N) is 1. The number of rotatable bonds is 5. The van der Waals surface area contributed by atoms with Crippen molar-refractivity contribution in [2.75, 3.05) is 19.4 Å². The minimum atomic E-state index is -0.149. The Morgan fingerprint density at radius 2 is 1.89 bits per heavy atom. The van der Waals surface area contributed by atoms with Gasteiger partial charge in [0.15, 0.2) is 0 Å². The van der Waals surface area contributed by atoms with Crippen LogP contribution in [-0.4, -0.2) is 45.0 Å². The number of aromatic hydroxyl groups is 1. The maximum Gasteiger partial charge on any atom is 0.271 e. The number of carbonyl (C=O) groups is 1. The van der Waals surface area contributed by atoms with Crippen LogP contribution in [0.1, 0.15) is 21.7 Å². The van der Waals surface area contributed by atoms with Gasteiger partial charge in [0.1, 0.15) is 17.3 Å².